The van der Waals surface area contributed by atoms with Gasteiger partial charge in [0.25, 0.3) is 0 Å². The molecule has 1 atom stereocenters. The van der Waals surface area contributed by atoms with Crippen LogP contribution in [0.4, 0.5) is 0 Å². The van der Waals surface area contributed by atoms with Crippen LogP contribution < -0.4 is 11.3 Å². The number of aryl methyl sites for hydroxylation is 3. The van der Waals surface area contributed by atoms with Gasteiger partial charge >= 0.3 is 0 Å². The highest BCUT2D eigenvalue weighted by atomic mass is 35.5. The summed E-state index contributed by atoms with van der Waals surface area (Å²) in [5, 5.41) is 0.758. The summed E-state index contributed by atoms with van der Waals surface area (Å²) in [7, 11) is 0. The third-order valence-electron chi connectivity index (χ3n) is 3.74. The predicted molar refractivity (Wildman–Crippen MR) is 85.9 cm³/mol. The van der Waals surface area contributed by atoms with Gasteiger partial charge in [-0.15, -0.1) is 0 Å². The lowest BCUT2D eigenvalue weighted by Gasteiger charge is -2.20. The first-order chi connectivity index (χ1) is 9.51. The van der Waals surface area contributed by atoms with Gasteiger partial charge in [0.05, 0.1) is 6.04 Å². The molecule has 20 heavy (non-hydrogen) atoms. The summed E-state index contributed by atoms with van der Waals surface area (Å²) in [5.41, 5.74) is 9.17. The van der Waals surface area contributed by atoms with E-state index in [1.165, 1.54) is 22.3 Å². The molecule has 0 radical (unpaired) electrons. The number of hydrogen-bond donors (Lipinski definition) is 2. The highest BCUT2D eigenvalue weighted by molar-refractivity contribution is 6.30. The van der Waals surface area contributed by atoms with Gasteiger partial charge in [-0.3, -0.25) is 11.3 Å². The number of hydrogen-bond acceptors (Lipinski definition) is 2. The molecular formula is C17H21ClN2. The van der Waals surface area contributed by atoms with Crippen molar-refractivity contribution in [2.45, 2.75) is 33.2 Å². The average molecular weight is 289 g/mol. The van der Waals surface area contributed by atoms with Crippen molar-refractivity contribution in [1.82, 2.24) is 5.43 Å². The van der Waals surface area contributed by atoms with Gasteiger partial charge in [-0.1, -0.05) is 41.4 Å². The normalized spacial score (nSPS) is 12.4. The molecule has 0 spiro atoms. The molecule has 0 aromatic heterocycles. The van der Waals surface area contributed by atoms with E-state index >= 15 is 0 Å². The maximum absolute atomic E-state index is 6.02. The van der Waals surface area contributed by atoms with Crippen molar-refractivity contribution >= 4 is 11.6 Å². The van der Waals surface area contributed by atoms with Crippen molar-refractivity contribution in [2.24, 2.45) is 5.84 Å². The maximum atomic E-state index is 6.02. The molecule has 0 heterocycles. The summed E-state index contributed by atoms with van der Waals surface area (Å²) in [5.74, 6) is 5.76. The molecule has 0 aliphatic rings. The number of nitrogens with one attached hydrogen (secondary N) is 1. The molecule has 0 fully saturated rings. The Morgan fingerprint density at radius 2 is 1.80 bits per heavy atom. The van der Waals surface area contributed by atoms with E-state index in [9.17, 15) is 0 Å². The standard InChI is InChI=1S/C17H21ClN2/c1-11-4-5-12(2)14(8-11)10-17(20-19)16-7-6-15(18)9-13(16)3/h4-9,17,20H,10,19H2,1-3H3. The molecule has 106 valence electrons. The Bertz CT molecular complexity index is 608. The Kier molecular flexibility index (Phi) is 4.81. The van der Waals surface area contributed by atoms with Crippen molar-refractivity contribution < 1.29 is 0 Å². The van der Waals surface area contributed by atoms with E-state index in [0.29, 0.717) is 0 Å². The van der Waals surface area contributed by atoms with E-state index in [1.54, 1.807) is 0 Å². The lowest BCUT2D eigenvalue weighted by atomic mass is 9.93. The first kappa shape index (κ1) is 15.0. The van der Waals surface area contributed by atoms with Gasteiger partial charge in [-0.05, 0) is 61.6 Å². The van der Waals surface area contributed by atoms with Gasteiger partial charge in [-0.25, -0.2) is 0 Å². The molecule has 0 saturated carbocycles. The van der Waals surface area contributed by atoms with Crippen molar-refractivity contribution in [2.75, 3.05) is 0 Å². The Hall–Kier alpha value is -1.35. The van der Waals surface area contributed by atoms with Crippen LogP contribution in [0.15, 0.2) is 36.4 Å². The number of hydrazine groups is 1. The summed E-state index contributed by atoms with van der Waals surface area (Å²) < 4.78 is 0. The summed E-state index contributed by atoms with van der Waals surface area (Å²) in [6.07, 6.45) is 0.868. The van der Waals surface area contributed by atoms with Crippen molar-refractivity contribution in [3.05, 3.63) is 69.2 Å². The average Bonchev–Trinajstić information content (AvgIpc) is 2.40. The van der Waals surface area contributed by atoms with Crippen LogP contribution in [0.3, 0.4) is 0 Å². The van der Waals surface area contributed by atoms with E-state index in [0.717, 1.165) is 17.0 Å². The van der Waals surface area contributed by atoms with E-state index in [2.05, 4.69) is 44.4 Å². The summed E-state index contributed by atoms with van der Waals surface area (Å²) in [6.45, 7) is 6.31. The second-order valence-electron chi connectivity index (χ2n) is 5.35. The zero-order valence-corrected chi connectivity index (χ0v) is 13.0. The summed E-state index contributed by atoms with van der Waals surface area (Å²) in [4.78, 5) is 0. The molecule has 3 N–H and O–H groups in total. The van der Waals surface area contributed by atoms with Gasteiger partial charge in [-0.2, -0.15) is 0 Å². The number of rotatable bonds is 4. The van der Waals surface area contributed by atoms with Gasteiger partial charge < -0.3 is 0 Å². The topological polar surface area (TPSA) is 38.0 Å². The van der Waals surface area contributed by atoms with E-state index in [4.69, 9.17) is 17.4 Å². The van der Waals surface area contributed by atoms with Crippen LogP contribution >= 0.6 is 11.6 Å². The fourth-order valence-corrected chi connectivity index (χ4v) is 2.76. The smallest absolute Gasteiger partial charge is 0.0503 e. The van der Waals surface area contributed by atoms with Gasteiger partial charge in [0.15, 0.2) is 0 Å². The second-order valence-corrected chi connectivity index (χ2v) is 5.79. The quantitative estimate of drug-likeness (QED) is 0.659. The second kappa shape index (κ2) is 6.40. The van der Waals surface area contributed by atoms with Gasteiger partial charge in [0.2, 0.25) is 0 Å². The van der Waals surface area contributed by atoms with Gasteiger partial charge in [0, 0.05) is 5.02 Å². The van der Waals surface area contributed by atoms with Crippen LogP contribution in [0.1, 0.15) is 33.9 Å². The summed E-state index contributed by atoms with van der Waals surface area (Å²) in [6, 6.07) is 12.6. The third-order valence-corrected chi connectivity index (χ3v) is 3.97. The number of nitrogens with two attached hydrogens (primary N) is 1. The number of halogens is 1. The Morgan fingerprint density at radius 3 is 2.45 bits per heavy atom. The fraction of sp³-hybridized carbons (Fsp3) is 0.294. The molecule has 2 aromatic rings. The minimum Gasteiger partial charge on any atom is -0.271 e. The van der Waals surface area contributed by atoms with Crippen LogP contribution in [0.2, 0.25) is 5.02 Å². The van der Waals surface area contributed by atoms with Crippen LogP contribution in [0.25, 0.3) is 0 Å². The first-order valence-electron chi connectivity index (χ1n) is 6.79. The van der Waals surface area contributed by atoms with Crippen molar-refractivity contribution in [3.63, 3.8) is 0 Å². The zero-order valence-electron chi connectivity index (χ0n) is 12.2. The van der Waals surface area contributed by atoms with Crippen LogP contribution in [0.5, 0.6) is 0 Å². The number of benzene rings is 2. The molecule has 3 heteroatoms. The predicted octanol–water partition coefficient (Wildman–Crippen LogP) is 4.01. The zero-order chi connectivity index (χ0) is 14.7. The minimum atomic E-state index is 0.0905. The fourth-order valence-electron chi connectivity index (χ4n) is 2.53. The lowest BCUT2D eigenvalue weighted by molar-refractivity contribution is 0.548. The molecular weight excluding hydrogens is 268 g/mol. The Balaban J connectivity index is 2.31. The Morgan fingerprint density at radius 1 is 1.05 bits per heavy atom. The maximum Gasteiger partial charge on any atom is 0.0503 e. The molecule has 0 aliphatic heterocycles. The molecule has 0 amide bonds. The third kappa shape index (κ3) is 3.40. The SMILES string of the molecule is Cc1ccc(C)c(CC(NN)c2ccc(Cl)cc2C)c1. The molecule has 2 rings (SSSR count). The highest BCUT2D eigenvalue weighted by Gasteiger charge is 2.14. The van der Waals surface area contributed by atoms with Crippen LogP contribution in [-0.2, 0) is 6.42 Å². The molecule has 0 bridgehead atoms. The molecule has 0 saturated heterocycles. The van der Waals surface area contributed by atoms with Gasteiger partial charge in [0.1, 0.15) is 0 Å². The van der Waals surface area contributed by atoms with Crippen LogP contribution in [-0.4, -0.2) is 0 Å². The van der Waals surface area contributed by atoms with E-state index in [1.807, 2.05) is 18.2 Å². The summed E-state index contributed by atoms with van der Waals surface area (Å²) >= 11 is 6.02. The van der Waals surface area contributed by atoms with Crippen molar-refractivity contribution in [1.29, 1.82) is 0 Å². The first-order valence-corrected chi connectivity index (χ1v) is 7.17. The van der Waals surface area contributed by atoms with E-state index < -0.39 is 0 Å². The monoisotopic (exact) mass is 288 g/mol. The van der Waals surface area contributed by atoms with E-state index in [-0.39, 0.29) is 6.04 Å². The minimum absolute atomic E-state index is 0.0905. The van der Waals surface area contributed by atoms with Crippen molar-refractivity contribution in [3.8, 4) is 0 Å². The largest absolute Gasteiger partial charge is 0.271 e. The molecule has 0 aliphatic carbocycles. The Labute approximate surface area is 125 Å². The molecule has 2 aromatic carbocycles. The molecule has 1 unspecified atom stereocenters. The highest BCUT2D eigenvalue weighted by Crippen LogP contribution is 2.25. The molecule has 2 nitrogen and oxygen atoms in total. The van der Waals surface area contributed by atoms with Crippen LogP contribution in [0, 0.1) is 20.8 Å². The lowest BCUT2D eigenvalue weighted by Crippen LogP contribution is -2.30.